The fraction of sp³-hybridized carbons (Fsp3) is 1.00. The van der Waals surface area contributed by atoms with Gasteiger partial charge in [-0.25, -0.2) is 0 Å². The zero-order chi connectivity index (χ0) is 13.3. The lowest BCUT2D eigenvalue weighted by Gasteiger charge is -2.53. The molecule has 0 aromatic rings. The molecule has 0 aromatic carbocycles. The first-order valence-corrected chi connectivity index (χ1v) is 8.59. The Kier molecular flexibility index (Phi) is 3.92. The van der Waals surface area contributed by atoms with Crippen molar-refractivity contribution in [1.29, 1.82) is 0 Å². The summed E-state index contributed by atoms with van der Waals surface area (Å²) in [6, 6.07) is 0. The lowest BCUT2D eigenvalue weighted by Crippen LogP contribution is -2.56. The monoisotopic (exact) mass is 265 g/mol. The van der Waals surface area contributed by atoms with Crippen LogP contribution in [0.4, 0.5) is 0 Å². The zero-order valence-corrected chi connectivity index (χ0v) is 12.6. The van der Waals surface area contributed by atoms with Gasteiger partial charge in [0.2, 0.25) is 0 Å². The molecule has 2 aliphatic carbocycles. The molecule has 2 N–H and O–H groups in total. The molecule has 2 nitrogen and oxygen atoms in total. The summed E-state index contributed by atoms with van der Waals surface area (Å²) in [5.41, 5.74) is 7.23. The highest BCUT2D eigenvalue weighted by atomic mass is 16.5. The van der Waals surface area contributed by atoms with Gasteiger partial charge < -0.3 is 10.5 Å². The number of hydrogen-bond acceptors (Lipinski definition) is 2. The molecule has 110 valence electrons. The minimum Gasteiger partial charge on any atom is -0.375 e. The fourth-order valence-electron chi connectivity index (χ4n) is 4.76. The van der Waals surface area contributed by atoms with Crippen molar-refractivity contribution < 1.29 is 4.74 Å². The normalized spacial score (nSPS) is 42.0. The van der Waals surface area contributed by atoms with Gasteiger partial charge in [0, 0.05) is 12.1 Å². The van der Waals surface area contributed by atoms with E-state index in [1.807, 2.05) is 0 Å². The van der Waals surface area contributed by atoms with Crippen molar-refractivity contribution in [3.8, 4) is 0 Å². The van der Waals surface area contributed by atoms with Gasteiger partial charge in [-0.3, -0.25) is 0 Å². The van der Waals surface area contributed by atoms with Crippen molar-refractivity contribution >= 4 is 0 Å². The maximum atomic E-state index is 6.84. The topological polar surface area (TPSA) is 35.2 Å². The third kappa shape index (κ3) is 2.71. The quantitative estimate of drug-likeness (QED) is 0.836. The van der Waals surface area contributed by atoms with Crippen LogP contribution in [-0.2, 0) is 4.74 Å². The highest BCUT2D eigenvalue weighted by Crippen LogP contribution is 2.49. The molecule has 1 atom stereocenters. The van der Waals surface area contributed by atoms with Crippen molar-refractivity contribution in [2.24, 2.45) is 17.6 Å². The van der Waals surface area contributed by atoms with Gasteiger partial charge in [-0.1, -0.05) is 19.8 Å². The van der Waals surface area contributed by atoms with Gasteiger partial charge in [0.05, 0.1) is 5.60 Å². The Morgan fingerprint density at radius 1 is 1.11 bits per heavy atom. The lowest BCUT2D eigenvalue weighted by atomic mass is 9.62. The molecule has 1 unspecified atom stereocenters. The Bertz CT molecular complexity index is 302. The van der Waals surface area contributed by atoms with Gasteiger partial charge in [-0.15, -0.1) is 0 Å². The van der Waals surface area contributed by atoms with Gasteiger partial charge in [0.25, 0.3) is 0 Å². The molecular formula is C17H31NO. The van der Waals surface area contributed by atoms with Gasteiger partial charge in [-0.05, 0) is 69.6 Å². The van der Waals surface area contributed by atoms with E-state index in [0.717, 1.165) is 18.4 Å². The van der Waals surface area contributed by atoms with E-state index in [2.05, 4.69) is 6.92 Å². The molecule has 2 heteroatoms. The summed E-state index contributed by atoms with van der Waals surface area (Å²) in [5.74, 6) is 1.68. The van der Waals surface area contributed by atoms with E-state index in [1.165, 1.54) is 70.6 Å². The SMILES string of the molecule is CCCC1CCC(N)(C2CCOC3(CCC3)C2)CC1. The molecule has 1 heterocycles. The van der Waals surface area contributed by atoms with Crippen molar-refractivity contribution in [2.45, 2.75) is 88.7 Å². The summed E-state index contributed by atoms with van der Waals surface area (Å²) >= 11 is 0. The first kappa shape index (κ1) is 13.9. The molecule has 1 aliphatic heterocycles. The first-order valence-electron chi connectivity index (χ1n) is 8.59. The summed E-state index contributed by atoms with van der Waals surface area (Å²) in [7, 11) is 0. The maximum Gasteiger partial charge on any atom is 0.0686 e. The molecule has 1 saturated heterocycles. The second-order valence-electron chi connectivity index (χ2n) is 7.54. The van der Waals surface area contributed by atoms with Gasteiger partial charge >= 0.3 is 0 Å². The highest BCUT2D eigenvalue weighted by molar-refractivity contribution is 5.02. The van der Waals surface area contributed by atoms with Crippen LogP contribution < -0.4 is 5.73 Å². The lowest BCUT2D eigenvalue weighted by molar-refractivity contribution is -0.154. The molecule has 3 rings (SSSR count). The second-order valence-corrected chi connectivity index (χ2v) is 7.54. The standard InChI is InChI=1S/C17H31NO/c1-2-4-14-5-10-17(18,11-6-14)15-7-12-19-16(13-15)8-3-9-16/h14-15H,2-13,18H2,1H3. The van der Waals surface area contributed by atoms with Crippen molar-refractivity contribution in [3.05, 3.63) is 0 Å². The number of rotatable bonds is 3. The number of hydrogen-bond donors (Lipinski definition) is 1. The zero-order valence-electron chi connectivity index (χ0n) is 12.6. The first-order chi connectivity index (χ1) is 9.16. The molecule has 0 radical (unpaired) electrons. The Morgan fingerprint density at radius 3 is 2.42 bits per heavy atom. The molecule has 2 saturated carbocycles. The van der Waals surface area contributed by atoms with Crippen LogP contribution in [0.1, 0.15) is 77.6 Å². The highest BCUT2D eigenvalue weighted by Gasteiger charge is 2.48. The molecule has 0 aromatic heterocycles. The van der Waals surface area contributed by atoms with Crippen molar-refractivity contribution in [2.75, 3.05) is 6.61 Å². The molecule has 1 spiro atoms. The molecular weight excluding hydrogens is 234 g/mol. The van der Waals surface area contributed by atoms with Crippen molar-refractivity contribution in [1.82, 2.24) is 0 Å². The van der Waals surface area contributed by atoms with Crippen LogP contribution in [0.5, 0.6) is 0 Å². The van der Waals surface area contributed by atoms with E-state index < -0.39 is 0 Å². The Hall–Kier alpha value is -0.0800. The van der Waals surface area contributed by atoms with Crippen LogP contribution in [0.3, 0.4) is 0 Å². The van der Waals surface area contributed by atoms with Crippen molar-refractivity contribution in [3.63, 3.8) is 0 Å². The third-order valence-electron chi connectivity index (χ3n) is 6.30. The van der Waals surface area contributed by atoms with E-state index in [4.69, 9.17) is 10.5 Å². The summed E-state index contributed by atoms with van der Waals surface area (Å²) in [6.07, 6.45) is 14.4. The fourth-order valence-corrected chi connectivity index (χ4v) is 4.76. The van der Waals surface area contributed by atoms with E-state index in [0.29, 0.717) is 0 Å². The Morgan fingerprint density at radius 2 is 1.84 bits per heavy atom. The van der Waals surface area contributed by atoms with Crippen LogP contribution in [0.15, 0.2) is 0 Å². The van der Waals surface area contributed by atoms with E-state index >= 15 is 0 Å². The summed E-state index contributed by atoms with van der Waals surface area (Å²) in [5, 5.41) is 0. The maximum absolute atomic E-state index is 6.84. The summed E-state index contributed by atoms with van der Waals surface area (Å²) in [6.45, 7) is 3.27. The molecule has 19 heavy (non-hydrogen) atoms. The summed E-state index contributed by atoms with van der Waals surface area (Å²) in [4.78, 5) is 0. The summed E-state index contributed by atoms with van der Waals surface area (Å²) < 4.78 is 6.07. The second kappa shape index (κ2) is 5.37. The van der Waals surface area contributed by atoms with E-state index in [-0.39, 0.29) is 11.1 Å². The van der Waals surface area contributed by atoms with Gasteiger partial charge in [-0.2, -0.15) is 0 Å². The Labute approximate surface area is 118 Å². The van der Waals surface area contributed by atoms with E-state index in [9.17, 15) is 0 Å². The number of nitrogens with two attached hydrogens (primary N) is 1. The minimum absolute atomic E-state index is 0.136. The van der Waals surface area contributed by atoms with Gasteiger partial charge in [0.15, 0.2) is 0 Å². The van der Waals surface area contributed by atoms with Crippen LogP contribution >= 0.6 is 0 Å². The average Bonchev–Trinajstić information content (AvgIpc) is 2.40. The predicted octanol–water partition coefficient (Wildman–Crippen LogP) is 4.02. The smallest absolute Gasteiger partial charge is 0.0686 e. The average molecular weight is 265 g/mol. The Balaban J connectivity index is 1.58. The largest absolute Gasteiger partial charge is 0.375 e. The van der Waals surface area contributed by atoms with Crippen LogP contribution in [0.2, 0.25) is 0 Å². The van der Waals surface area contributed by atoms with Gasteiger partial charge in [0.1, 0.15) is 0 Å². The minimum atomic E-state index is 0.136. The third-order valence-corrected chi connectivity index (χ3v) is 6.30. The molecule has 3 aliphatic rings. The molecule has 0 bridgehead atoms. The van der Waals surface area contributed by atoms with Crippen LogP contribution in [0.25, 0.3) is 0 Å². The van der Waals surface area contributed by atoms with Crippen LogP contribution in [0, 0.1) is 11.8 Å². The number of ether oxygens (including phenoxy) is 1. The molecule has 3 fully saturated rings. The van der Waals surface area contributed by atoms with E-state index in [1.54, 1.807) is 0 Å². The van der Waals surface area contributed by atoms with Crippen LogP contribution in [-0.4, -0.2) is 17.7 Å². The predicted molar refractivity (Wildman–Crippen MR) is 79.0 cm³/mol. The molecule has 0 amide bonds.